The zero-order valence-corrected chi connectivity index (χ0v) is 18.9. The van der Waals surface area contributed by atoms with Crippen molar-refractivity contribution in [1.82, 2.24) is 9.88 Å². The van der Waals surface area contributed by atoms with Gasteiger partial charge in [-0.3, -0.25) is 14.4 Å². The summed E-state index contributed by atoms with van der Waals surface area (Å²) in [4.78, 5) is 50.2. The van der Waals surface area contributed by atoms with Crippen molar-refractivity contribution in [3.05, 3.63) is 48.2 Å². The molecule has 1 aromatic heterocycles. The minimum Gasteiger partial charge on any atom is -0.353 e. The highest BCUT2D eigenvalue weighted by molar-refractivity contribution is 6.01. The highest BCUT2D eigenvalue weighted by atomic mass is 16.2. The van der Waals surface area contributed by atoms with Crippen molar-refractivity contribution >= 4 is 34.9 Å². The van der Waals surface area contributed by atoms with Gasteiger partial charge in [-0.05, 0) is 42.3 Å². The molecule has 5 rings (SSSR count). The quantitative estimate of drug-likeness (QED) is 0.717. The van der Waals surface area contributed by atoms with Crippen molar-refractivity contribution in [2.24, 2.45) is 5.92 Å². The first-order valence-corrected chi connectivity index (χ1v) is 11.7. The number of amides is 3. The van der Waals surface area contributed by atoms with Crippen molar-refractivity contribution in [3.8, 4) is 0 Å². The first kappa shape index (κ1) is 21.4. The van der Waals surface area contributed by atoms with E-state index in [0.29, 0.717) is 32.6 Å². The van der Waals surface area contributed by atoms with Gasteiger partial charge in [-0.25, -0.2) is 4.98 Å². The molecule has 1 atom stereocenters. The van der Waals surface area contributed by atoms with Crippen molar-refractivity contribution in [1.29, 1.82) is 0 Å². The number of fused-ring (bicyclic) bond motifs is 1. The van der Waals surface area contributed by atoms with Gasteiger partial charge >= 0.3 is 0 Å². The number of pyridine rings is 1. The molecule has 8 nitrogen and oxygen atoms in total. The van der Waals surface area contributed by atoms with Crippen LogP contribution in [0.4, 0.5) is 17.2 Å². The van der Waals surface area contributed by atoms with E-state index in [9.17, 15) is 14.4 Å². The summed E-state index contributed by atoms with van der Waals surface area (Å²) < 4.78 is 0. The molecular weight excluding hydrogens is 418 g/mol. The summed E-state index contributed by atoms with van der Waals surface area (Å²) in [6, 6.07) is 11.7. The number of benzene rings is 1. The Morgan fingerprint density at radius 2 is 1.88 bits per heavy atom. The maximum Gasteiger partial charge on any atom is 0.228 e. The highest BCUT2D eigenvalue weighted by Gasteiger charge is 2.38. The minimum atomic E-state index is -0.315. The molecule has 0 aliphatic carbocycles. The molecule has 8 heteroatoms. The smallest absolute Gasteiger partial charge is 0.228 e. The van der Waals surface area contributed by atoms with Gasteiger partial charge in [0.25, 0.3) is 0 Å². The molecule has 2 aromatic rings. The monoisotopic (exact) mass is 447 g/mol. The lowest BCUT2D eigenvalue weighted by Crippen LogP contribution is -2.51. The van der Waals surface area contributed by atoms with Crippen LogP contribution < -0.4 is 14.7 Å². The fourth-order valence-electron chi connectivity index (χ4n) is 5.08. The Labute approximate surface area is 193 Å². The summed E-state index contributed by atoms with van der Waals surface area (Å²) in [5, 5.41) is 0. The van der Waals surface area contributed by atoms with Crippen LogP contribution in [0.15, 0.2) is 42.6 Å². The molecule has 1 aromatic carbocycles. The van der Waals surface area contributed by atoms with Crippen LogP contribution in [0.25, 0.3) is 0 Å². The van der Waals surface area contributed by atoms with E-state index in [-0.39, 0.29) is 30.1 Å². The van der Waals surface area contributed by atoms with Crippen LogP contribution >= 0.6 is 0 Å². The number of carbonyl (C=O) groups excluding carboxylic acids is 3. The van der Waals surface area contributed by atoms with Gasteiger partial charge in [0, 0.05) is 69.7 Å². The van der Waals surface area contributed by atoms with Crippen molar-refractivity contribution in [3.63, 3.8) is 0 Å². The Kier molecular flexibility index (Phi) is 5.74. The largest absolute Gasteiger partial charge is 0.353 e. The van der Waals surface area contributed by atoms with E-state index in [4.69, 9.17) is 0 Å². The third kappa shape index (κ3) is 4.05. The number of anilines is 3. The Balaban J connectivity index is 1.22. The van der Waals surface area contributed by atoms with E-state index in [1.54, 1.807) is 11.1 Å². The maximum atomic E-state index is 13.2. The molecule has 4 heterocycles. The molecule has 33 heavy (non-hydrogen) atoms. The zero-order chi connectivity index (χ0) is 22.9. The SMILES string of the molecule is CCC(=O)N1CCc2cc(N3CC(C(=O)N4CCN(c5ccccn5)CC4)CC3=O)ccc21. The molecule has 172 valence electrons. The first-order chi connectivity index (χ1) is 16.0. The van der Waals surface area contributed by atoms with E-state index in [0.717, 1.165) is 42.3 Å². The maximum absolute atomic E-state index is 13.2. The standard InChI is InChI=1S/C25H29N5O3/c1-2-23(31)29-10-8-18-15-20(6-7-21(18)29)30-17-19(16-24(30)32)25(33)28-13-11-27(12-14-28)22-5-3-4-9-26-22/h3-7,9,15,19H,2,8,10-14,16-17H2,1H3. The predicted octanol–water partition coefficient (Wildman–Crippen LogP) is 2.08. The number of nitrogens with zero attached hydrogens (tertiary/aromatic N) is 5. The number of hydrogen-bond donors (Lipinski definition) is 0. The second-order valence-corrected chi connectivity index (χ2v) is 8.87. The van der Waals surface area contributed by atoms with Crippen molar-refractivity contribution < 1.29 is 14.4 Å². The van der Waals surface area contributed by atoms with E-state index < -0.39 is 0 Å². The third-order valence-electron chi connectivity index (χ3n) is 6.91. The van der Waals surface area contributed by atoms with Crippen LogP contribution in [-0.4, -0.2) is 66.9 Å². The predicted molar refractivity (Wildman–Crippen MR) is 126 cm³/mol. The normalized spacial score (nSPS) is 20.4. The molecule has 0 radical (unpaired) electrons. The van der Waals surface area contributed by atoms with Gasteiger partial charge in [0.2, 0.25) is 17.7 Å². The number of aromatic nitrogens is 1. The Morgan fingerprint density at radius 3 is 2.61 bits per heavy atom. The minimum absolute atomic E-state index is 0.0140. The molecule has 3 amide bonds. The third-order valence-corrected chi connectivity index (χ3v) is 6.91. The molecule has 0 bridgehead atoms. The molecule has 3 aliphatic heterocycles. The summed E-state index contributed by atoms with van der Waals surface area (Å²) in [5.74, 6) is 0.785. The molecule has 0 saturated carbocycles. The topological polar surface area (TPSA) is 77.1 Å². The van der Waals surface area contributed by atoms with Crippen LogP contribution in [0.3, 0.4) is 0 Å². The van der Waals surface area contributed by atoms with E-state index in [1.165, 1.54) is 0 Å². The highest BCUT2D eigenvalue weighted by Crippen LogP contribution is 2.34. The number of hydrogen-bond acceptors (Lipinski definition) is 5. The summed E-state index contributed by atoms with van der Waals surface area (Å²) >= 11 is 0. The lowest BCUT2D eigenvalue weighted by atomic mass is 10.1. The molecule has 0 spiro atoms. The van der Waals surface area contributed by atoms with E-state index in [2.05, 4.69) is 9.88 Å². The first-order valence-electron chi connectivity index (χ1n) is 11.7. The lowest BCUT2D eigenvalue weighted by Gasteiger charge is -2.36. The van der Waals surface area contributed by atoms with E-state index in [1.807, 2.05) is 53.1 Å². The van der Waals surface area contributed by atoms with Crippen LogP contribution in [0.5, 0.6) is 0 Å². The van der Waals surface area contributed by atoms with Gasteiger partial charge < -0.3 is 19.6 Å². The zero-order valence-electron chi connectivity index (χ0n) is 18.9. The Bertz CT molecular complexity index is 1060. The fourth-order valence-corrected chi connectivity index (χ4v) is 5.08. The van der Waals surface area contributed by atoms with Gasteiger partial charge in [0.05, 0.1) is 5.92 Å². The molecule has 3 aliphatic rings. The summed E-state index contributed by atoms with van der Waals surface area (Å²) in [6.07, 6.45) is 3.30. The van der Waals surface area contributed by atoms with Gasteiger partial charge in [0.15, 0.2) is 0 Å². The Hall–Kier alpha value is -3.42. The summed E-state index contributed by atoms with van der Waals surface area (Å²) in [7, 11) is 0. The molecule has 1 unspecified atom stereocenters. The fraction of sp³-hybridized carbons (Fsp3) is 0.440. The van der Waals surface area contributed by atoms with Crippen LogP contribution in [-0.2, 0) is 20.8 Å². The second kappa shape index (κ2) is 8.84. The van der Waals surface area contributed by atoms with Crippen molar-refractivity contribution in [2.45, 2.75) is 26.2 Å². The van der Waals surface area contributed by atoms with Crippen LogP contribution in [0.1, 0.15) is 25.3 Å². The average molecular weight is 448 g/mol. The van der Waals surface area contributed by atoms with Gasteiger partial charge in [-0.15, -0.1) is 0 Å². The van der Waals surface area contributed by atoms with Crippen LogP contribution in [0, 0.1) is 5.92 Å². The van der Waals surface area contributed by atoms with Gasteiger partial charge in [-0.2, -0.15) is 0 Å². The van der Waals surface area contributed by atoms with Gasteiger partial charge in [-0.1, -0.05) is 13.0 Å². The Morgan fingerprint density at radius 1 is 1.06 bits per heavy atom. The summed E-state index contributed by atoms with van der Waals surface area (Å²) in [5.41, 5.74) is 2.85. The summed E-state index contributed by atoms with van der Waals surface area (Å²) in [6.45, 7) is 5.73. The average Bonchev–Trinajstić information content (AvgIpc) is 3.47. The van der Waals surface area contributed by atoms with Crippen molar-refractivity contribution in [2.75, 3.05) is 54.0 Å². The number of rotatable bonds is 4. The van der Waals surface area contributed by atoms with E-state index >= 15 is 0 Å². The van der Waals surface area contributed by atoms with Crippen LogP contribution in [0.2, 0.25) is 0 Å². The molecule has 2 saturated heterocycles. The lowest BCUT2D eigenvalue weighted by molar-refractivity contribution is -0.136. The molecule has 0 N–H and O–H groups in total. The second-order valence-electron chi connectivity index (χ2n) is 8.87. The number of piperazine rings is 1. The number of carbonyl (C=O) groups is 3. The molecule has 2 fully saturated rings. The van der Waals surface area contributed by atoms with Gasteiger partial charge in [0.1, 0.15) is 5.82 Å². The molecular formula is C25H29N5O3.